The normalized spacial score (nSPS) is 13.7. The first-order valence-corrected chi connectivity index (χ1v) is 11.8. The number of ether oxygens (including phenoxy) is 1. The molecule has 0 bridgehead atoms. The lowest BCUT2D eigenvalue weighted by molar-refractivity contribution is -0.147. The van der Waals surface area contributed by atoms with E-state index in [2.05, 4.69) is 17.4 Å². The van der Waals surface area contributed by atoms with Gasteiger partial charge in [-0.15, -0.1) is 0 Å². The molecule has 0 aliphatic rings. The molecule has 0 radical (unpaired) electrons. The van der Waals surface area contributed by atoms with E-state index >= 15 is 0 Å². The lowest BCUT2D eigenvalue weighted by Gasteiger charge is -2.23. The van der Waals surface area contributed by atoms with Gasteiger partial charge in [0.15, 0.2) is 5.78 Å². The van der Waals surface area contributed by atoms with Gasteiger partial charge in [0.1, 0.15) is 0 Å². The van der Waals surface area contributed by atoms with Gasteiger partial charge >= 0.3 is 5.97 Å². The third-order valence-corrected chi connectivity index (χ3v) is 5.88. The lowest BCUT2D eigenvalue weighted by Crippen LogP contribution is -2.45. The molecule has 2 rings (SSSR count). The maximum Gasteiger partial charge on any atom is 0.309 e. The van der Waals surface area contributed by atoms with Crippen LogP contribution in [0.4, 0.5) is 0 Å². The van der Waals surface area contributed by atoms with Crippen molar-refractivity contribution >= 4 is 17.7 Å². The molecule has 0 saturated carbocycles. The molecule has 0 aliphatic carbocycles. The molecule has 0 spiro atoms. The van der Waals surface area contributed by atoms with Gasteiger partial charge < -0.3 is 10.1 Å². The molecule has 2 aromatic rings. The summed E-state index contributed by atoms with van der Waals surface area (Å²) < 4.78 is 4.96. The maximum atomic E-state index is 13.2. The summed E-state index contributed by atoms with van der Waals surface area (Å²) in [6.07, 6.45) is 2.51. The van der Waals surface area contributed by atoms with Gasteiger partial charge in [0.25, 0.3) is 0 Å². The van der Waals surface area contributed by atoms with E-state index in [0.29, 0.717) is 19.3 Å². The number of methoxy groups -OCH3 is 1. The van der Waals surface area contributed by atoms with Crippen molar-refractivity contribution in [1.82, 2.24) is 5.32 Å². The Balaban J connectivity index is 2.02. The highest BCUT2D eigenvalue weighted by Crippen LogP contribution is 2.18. The quantitative estimate of drug-likeness (QED) is 0.445. The minimum absolute atomic E-state index is 0.0393. The highest BCUT2D eigenvalue weighted by atomic mass is 16.5. The number of Topliss-reactive ketones (excluding diaryl/α,β-unsaturated/α-hetero) is 1. The van der Waals surface area contributed by atoms with Crippen molar-refractivity contribution in [2.24, 2.45) is 17.8 Å². The van der Waals surface area contributed by atoms with Crippen LogP contribution in [0.3, 0.4) is 0 Å². The number of aryl methyl sites for hydroxylation is 1. The third-order valence-electron chi connectivity index (χ3n) is 5.88. The van der Waals surface area contributed by atoms with Crippen LogP contribution in [0, 0.1) is 17.8 Å². The van der Waals surface area contributed by atoms with Gasteiger partial charge in [-0.1, -0.05) is 81.4 Å². The SMILES string of the molecule is COC(=O)[C@@H](CC(=O)[C@H](CC(C)C)NC(=O)[C@@H](C)CCc1ccccc1)Cc1ccccc1. The van der Waals surface area contributed by atoms with Gasteiger partial charge in [-0.2, -0.15) is 0 Å². The van der Waals surface area contributed by atoms with E-state index in [9.17, 15) is 14.4 Å². The number of rotatable bonds is 13. The molecular weight excluding hydrogens is 414 g/mol. The summed E-state index contributed by atoms with van der Waals surface area (Å²) in [7, 11) is 1.34. The third kappa shape index (κ3) is 9.21. The largest absolute Gasteiger partial charge is 0.469 e. The Morgan fingerprint density at radius 1 is 0.879 bits per heavy atom. The Morgan fingerprint density at radius 3 is 2.00 bits per heavy atom. The Morgan fingerprint density at radius 2 is 1.45 bits per heavy atom. The minimum atomic E-state index is -0.611. The van der Waals surface area contributed by atoms with E-state index in [0.717, 1.165) is 12.0 Å². The molecule has 0 heterocycles. The minimum Gasteiger partial charge on any atom is -0.469 e. The fraction of sp³-hybridized carbons (Fsp3) is 0.464. The van der Waals surface area contributed by atoms with Crippen molar-refractivity contribution in [2.75, 3.05) is 7.11 Å². The Kier molecular flexibility index (Phi) is 10.8. The molecule has 5 nitrogen and oxygen atoms in total. The summed E-state index contributed by atoms with van der Waals surface area (Å²) in [6.45, 7) is 5.93. The number of esters is 1. The van der Waals surface area contributed by atoms with Crippen LogP contribution in [0.15, 0.2) is 60.7 Å². The molecule has 5 heteroatoms. The number of carbonyl (C=O) groups excluding carboxylic acids is 3. The van der Waals surface area contributed by atoms with E-state index in [1.165, 1.54) is 12.7 Å². The molecule has 1 N–H and O–H groups in total. The number of hydrogen-bond acceptors (Lipinski definition) is 4. The molecule has 0 fully saturated rings. The molecule has 0 saturated heterocycles. The Labute approximate surface area is 197 Å². The van der Waals surface area contributed by atoms with E-state index < -0.39 is 17.9 Å². The second-order valence-corrected chi connectivity index (χ2v) is 9.20. The first kappa shape index (κ1) is 26.3. The van der Waals surface area contributed by atoms with Crippen LogP contribution in [0.2, 0.25) is 0 Å². The summed E-state index contributed by atoms with van der Waals surface area (Å²) in [6, 6.07) is 19.0. The number of benzene rings is 2. The second kappa shape index (κ2) is 13.6. The monoisotopic (exact) mass is 451 g/mol. The highest BCUT2D eigenvalue weighted by Gasteiger charge is 2.29. The van der Waals surface area contributed by atoms with Gasteiger partial charge in [0, 0.05) is 12.3 Å². The summed E-state index contributed by atoms with van der Waals surface area (Å²) in [5, 5.41) is 2.97. The summed E-state index contributed by atoms with van der Waals surface area (Å²) in [5.74, 6) is -1.22. The number of amides is 1. The highest BCUT2D eigenvalue weighted by molar-refractivity contribution is 5.92. The van der Waals surface area contributed by atoms with E-state index in [-0.39, 0.29) is 29.9 Å². The zero-order valence-electron chi connectivity index (χ0n) is 20.3. The second-order valence-electron chi connectivity index (χ2n) is 9.20. The molecule has 2 aromatic carbocycles. The Hall–Kier alpha value is -2.95. The summed E-state index contributed by atoms with van der Waals surface area (Å²) >= 11 is 0. The van der Waals surface area contributed by atoms with E-state index in [1.807, 2.05) is 69.3 Å². The average molecular weight is 452 g/mol. The predicted molar refractivity (Wildman–Crippen MR) is 131 cm³/mol. The van der Waals surface area contributed by atoms with Gasteiger partial charge in [0.2, 0.25) is 5.91 Å². The number of hydrogen-bond donors (Lipinski definition) is 1. The molecule has 0 aliphatic heterocycles. The van der Waals surface area contributed by atoms with Gasteiger partial charge in [0.05, 0.1) is 19.1 Å². The van der Waals surface area contributed by atoms with Crippen molar-refractivity contribution in [3.63, 3.8) is 0 Å². The van der Waals surface area contributed by atoms with E-state index in [4.69, 9.17) is 4.74 Å². The number of carbonyl (C=O) groups is 3. The van der Waals surface area contributed by atoms with Crippen LogP contribution in [0.25, 0.3) is 0 Å². The molecule has 1 amide bonds. The fourth-order valence-electron chi connectivity index (χ4n) is 3.90. The molecular formula is C28H37NO4. The van der Waals surface area contributed by atoms with Crippen molar-refractivity contribution in [3.05, 3.63) is 71.8 Å². The zero-order chi connectivity index (χ0) is 24.2. The molecule has 33 heavy (non-hydrogen) atoms. The van der Waals surface area contributed by atoms with Crippen LogP contribution in [-0.2, 0) is 32.0 Å². The number of ketones is 1. The number of nitrogens with one attached hydrogen (secondary N) is 1. The standard InChI is InChI=1S/C28H37NO4/c1-20(2)17-25(29-27(31)21(3)15-16-22-11-7-5-8-12-22)26(30)19-24(28(32)33-4)18-23-13-9-6-10-14-23/h5-14,20-21,24-25H,15-19H2,1-4H3,(H,29,31)/t21-,24+,25-/m0/s1. The fourth-order valence-corrected chi connectivity index (χ4v) is 3.90. The van der Waals surface area contributed by atoms with Crippen molar-refractivity contribution in [3.8, 4) is 0 Å². The van der Waals surface area contributed by atoms with E-state index in [1.54, 1.807) is 0 Å². The van der Waals surface area contributed by atoms with Crippen LogP contribution in [0.1, 0.15) is 51.2 Å². The predicted octanol–water partition coefficient (Wildman–Crippen LogP) is 4.78. The van der Waals surface area contributed by atoms with Crippen LogP contribution >= 0.6 is 0 Å². The zero-order valence-corrected chi connectivity index (χ0v) is 20.3. The first-order valence-electron chi connectivity index (χ1n) is 11.8. The van der Waals surface area contributed by atoms with Gasteiger partial charge in [-0.3, -0.25) is 14.4 Å². The van der Waals surface area contributed by atoms with Gasteiger partial charge in [-0.05, 0) is 42.7 Å². The first-order chi connectivity index (χ1) is 15.8. The van der Waals surface area contributed by atoms with Crippen LogP contribution in [0.5, 0.6) is 0 Å². The topological polar surface area (TPSA) is 72.5 Å². The average Bonchev–Trinajstić information content (AvgIpc) is 2.82. The van der Waals surface area contributed by atoms with Crippen LogP contribution in [-0.4, -0.2) is 30.8 Å². The molecule has 0 aromatic heterocycles. The smallest absolute Gasteiger partial charge is 0.309 e. The van der Waals surface area contributed by atoms with Gasteiger partial charge in [-0.25, -0.2) is 0 Å². The van der Waals surface area contributed by atoms with Crippen LogP contribution < -0.4 is 5.32 Å². The molecule has 0 unspecified atom stereocenters. The molecule has 3 atom stereocenters. The lowest BCUT2D eigenvalue weighted by atomic mass is 9.89. The van der Waals surface area contributed by atoms with Crippen molar-refractivity contribution in [1.29, 1.82) is 0 Å². The Bertz CT molecular complexity index is 879. The van der Waals surface area contributed by atoms with Crippen molar-refractivity contribution < 1.29 is 19.1 Å². The van der Waals surface area contributed by atoms with Crippen molar-refractivity contribution in [2.45, 2.75) is 58.9 Å². The molecule has 178 valence electrons. The maximum absolute atomic E-state index is 13.2. The summed E-state index contributed by atoms with van der Waals surface area (Å²) in [4.78, 5) is 38.5. The summed E-state index contributed by atoms with van der Waals surface area (Å²) in [5.41, 5.74) is 2.16.